The highest BCUT2D eigenvalue weighted by Crippen LogP contribution is 2.47. The number of esters is 1. The predicted octanol–water partition coefficient (Wildman–Crippen LogP) is 3.25. The summed E-state index contributed by atoms with van der Waals surface area (Å²) in [4.78, 5) is 12.7. The summed E-state index contributed by atoms with van der Waals surface area (Å²) in [6.45, 7) is 1.65. The average molecular weight is 378 g/mol. The molecule has 5 nitrogen and oxygen atoms in total. The number of ether oxygens (including phenoxy) is 2. The summed E-state index contributed by atoms with van der Waals surface area (Å²) in [5, 5.41) is -0.200. The minimum atomic E-state index is -3.46. The van der Waals surface area contributed by atoms with Crippen LogP contribution in [0, 0.1) is 0 Å². The predicted molar refractivity (Wildman–Crippen MR) is 95.7 cm³/mol. The molecule has 0 bridgehead atoms. The van der Waals surface area contributed by atoms with Gasteiger partial charge >= 0.3 is 5.97 Å². The zero-order valence-corrected chi connectivity index (χ0v) is 15.3. The molecular formula is C18H18O5S2. The summed E-state index contributed by atoms with van der Waals surface area (Å²) >= 11 is 1.51. The fourth-order valence-corrected chi connectivity index (χ4v) is 6.30. The van der Waals surface area contributed by atoms with E-state index in [2.05, 4.69) is 0 Å². The second kappa shape index (κ2) is 7.49. The van der Waals surface area contributed by atoms with E-state index in [1.165, 1.54) is 11.8 Å². The summed E-state index contributed by atoms with van der Waals surface area (Å²) in [5.41, 5.74) is 0.718. The number of thioether (sulfide) groups is 1. The standard InChI is InChI=1S/C18H18O5S2/c1-2-22-17(19)11-23-15-10-6-9-14-16(12-25(20,21)18(14)15)24-13-7-4-3-5-8-13/h3-10,16H,2,11-12H2,1H3. The molecule has 0 N–H and O–H groups in total. The van der Waals surface area contributed by atoms with Gasteiger partial charge in [0.1, 0.15) is 10.6 Å². The second-order valence-corrected chi connectivity index (χ2v) is 8.72. The number of sulfone groups is 1. The van der Waals surface area contributed by atoms with Crippen LogP contribution >= 0.6 is 11.8 Å². The minimum Gasteiger partial charge on any atom is -0.481 e. The largest absolute Gasteiger partial charge is 0.481 e. The molecule has 0 saturated carbocycles. The van der Waals surface area contributed by atoms with Gasteiger partial charge in [-0.25, -0.2) is 13.2 Å². The van der Waals surface area contributed by atoms with Crippen molar-refractivity contribution >= 4 is 27.6 Å². The molecule has 0 amide bonds. The highest BCUT2D eigenvalue weighted by molar-refractivity contribution is 8.01. The topological polar surface area (TPSA) is 69.7 Å². The third-order valence-corrected chi connectivity index (χ3v) is 7.00. The van der Waals surface area contributed by atoms with Crippen LogP contribution in [0.15, 0.2) is 58.3 Å². The van der Waals surface area contributed by atoms with Gasteiger partial charge in [-0.2, -0.15) is 0 Å². The monoisotopic (exact) mass is 378 g/mol. The maximum absolute atomic E-state index is 12.6. The van der Waals surface area contributed by atoms with Crippen LogP contribution in [0.4, 0.5) is 0 Å². The van der Waals surface area contributed by atoms with Gasteiger partial charge < -0.3 is 9.47 Å². The van der Waals surface area contributed by atoms with E-state index in [4.69, 9.17) is 9.47 Å². The van der Waals surface area contributed by atoms with Gasteiger partial charge in [-0.1, -0.05) is 30.3 Å². The van der Waals surface area contributed by atoms with E-state index in [1.807, 2.05) is 30.3 Å². The Morgan fingerprint density at radius 2 is 1.92 bits per heavy atom. The Morgan fingerprint density at radius 3 is 2.64 bits per heavy atom. The molecule has 132 valence electrons. The summed E-state index contributed by atoms with van der Waals surface area (Å²) < 4.78 is 35.5. The van der Waals surface area contributed by atoms with E-state index >= 15 is 0 Å². The lowest BCUT2D eigenvalue weighted by Crippen LogP contribution is -2.15. The van der Waals surface area contributed by atoms with Crippen LogP contribution in [-0.2, 0) is 19.4 Å². The minimum absolute atomic E-state index is 0.0155. The number of rotatable bonds is 6. The first kappa shape index (κ1) is 17.8. The van der Waals surface area contributed by atoms with Gasteiger partial charge in [0, 0.05) is 4.90 Å². The molecule has 7 heteroatoms. The first-order valence-corrected chi connectivity index (χ1v) is 10.4. The van der Waals surface area contributed by atoms with Gasteiger partial charge in [-0.3, -0.25) is 0 Å². The van der Waals surface area contributed by atoms with E-state index in [0.29, 0.717) is 0 Å². The molecular weight excluding hydrogens is 360 g/mol. The van der Waals surface area contributed by atoms with Crippen molar-refractivity contribution in [1.82, 2.24) is 0 Å². The molecule has 1 unspecified atom stereocenters. The SMILES string of the molecule is CCOC(=O)COc1cccc2c1S(=O)(=O)CC2Sc1ccccc1. The molecule has 0 spiro atoms. The Bertz CT molecular complexity index is 862. The van der Waals surface area contributed by atoms with Gasteiger partial charge in [0.25, 0.3) is 0 Å². The van der Waals surface area contributed by atoms with Crippen LogP contribution < -0.4 is 4.74 Å². The fourth-order valence-electron chi connectivity index (χ4n) is 2.71. The van der Waals surface area contributed by atoms with Gasteiger partial charge in [-0.05, 0) is 30.7 Å². The van der Waals surface area contributed by atoms with Crippen molar-refractivity contribution in [3.05, 3.63) is 54.1 Å². The van der Waals surface area contributed by atoms with Crippen molar-refractivity contribution < 1.29 is 22.7 Å². The summed E-state index contributed by atoms with van der Waals surface area (Å²) in [7, 11) is -3.46. The van der Waals surface area contributed by atoms with Crippen LogP contribution in [-0.4, -0.2) is 33.4 Å². The summed E-state index contributed by atoms with van der Waals surface area (Å²) in [6, 6.07) is 14.8. The normalized spacial score (nSPS) is 17.7. The molecule has 2 aromatic carbocycles. The van der Waals surface area contributed by atoms with E-state index in [9.17, 15) is 13.2 Å². The molecule has 1 aliphatic heterocycles. The Morgan fingerprint density at radius 1 is 1.16 bits per heavy atom. The Balaban J connectivity index is 1.87. The molecule has 1 atom stereocenters. The lowest BCUT2D eigenvalue weighted by molar-refractivity contribution is -0.145. The second-order valence-electron chi connectivity index (χ2n) is 5.47. The molecule has 0 saturated heterocycles. The van der Waals surface area contributed by atoms with Crippen molar-refractivity contribution in [2.24, 2.45) is 0 Å². The fraction of sp³-hybridized carbons (Fsp3) is 0.278. The maximum atomic E-state index is 12.6. The molecule has 0 fully saturated rings. The van der Waals surface area contributed by atoms with Crippen LogP contribution in [0.3, 0.4) is 0 Å². The quantitative estimate of drug-likeness (QED) is 0.719. The summed E-state index contributed by atoms with van der Waals surface area (Å²) in [6.07, 6.45) is 0. The first-order chi connectivity index (χ1) is 12.0. The maximum Gasteiger partial charge on any atom is 0.344 e. The number of carbonyl (C=O) groups excluding carboxylic acids is 1. The van der Waals surface area contributed by atoms with Crippen LogP contribution in [0.5, 0.6) is 5.75 Å². The summed E-state index contributed by atoms with van der Waals surface area (Å²) in [5.74, 6) is -0.297. The van der Waals surface area contributed by atoms with Crippen molar-refractivity contribution in [2.75, 3.05) is 19.0 Å². The number of benzene rings is 2. The molecule has 1 heterocycles. The van der Waals surface area contributed by atoms with Crippen molar-refractivity contribution in [3.8, 4) is 5.75 Å². The molecule has 1 aliphatic rings. The zero-order chi connectivity index (χ0) is 17.9. The smallest absolute Gasteiger partial charge is 0.344 e. The lowest BCUT2D eigenvalue weighted by Gasteiger charge is -2.11. The van der Waals surface area contributed by atoms with Crippen molar-refractivity contribution in [3.63, 3.8) is 0 Å². The van der Waals surface area contributed by atoms with E-state index in [-0.39, 0.29) is 34.9 Å². The highest BCUT2D eigenvalue weighted by atomic mass is 32.2. The van der Waals surface area contributed by atoms with Gasteiger partial charge in [0.2, 0.25) is 0 Å². The van der Waals surface area contributed by atoms with Crippen molar-refractivity contribution in [1.29, 1.82) is 0 Å². The zero-order valence-electron chi connectivity index (χ0n) is 13.7. The molecule has 0 aliphatic carbocycles. The van der Waals surface area contributed by atoms with E-state index in [0.717, 1.165) is 10.5 Å². The number of carbonyl (C=O) groups is 1. The molecule has 0 radical (unpaired) electrons. The Kier molecular flexibility index (Phi) is 5.34. The van der Waals surface area contributed by atoms with Gasteiger partial charge in [-0.15, -0.1) is 11.8 Å². The van der Waals surface area contributed by atoms with Gasteiger partial charge in [0.15, 0.2) is 16.4 Å². The third kappa shape index (κ3) is 3.99. The third-order valence-electron chi connectivity index (χ3n) is 3.71. The van der Waals surface area contributed by atoms with Crippen LogP contribution in [0.2, 0.25) is 0 Å². The van der Waals surface area contributed by atoms with Crippen LogP contribution in [0.25, 0.3) is 0 Å². The Hall–Kier alpha value is -1.99. The average Bonchev–Trinajstić information content (AvgIpc) is 2.85. The number of fused-ring (bicyclic) bond motifs is 1. The van der Waals surface area contributed by atoms with Crippen molar-refractivity contribution in [2.45, 2.75) is 22.0 Å². The van der Waals surface area contributed by atoms with E-state index in [1.54, 1.807) is 25.1 Å². The van der Waals surface area contributed by atoms with E-state index < -0.39 is 15.8 Å². The Labute approximate surface area is 151 Å². The highest BCUT2D eigenvalue weighted by Gasteiger charge is 2.38. The number of hydrogen-bond acceptors (Lipinski definition) is 6. The molecule has 25 heavy (non-hydrogen) atoms. The lowest BCUT2D eigenvalue weighted by atomic mass is 10.1. The molecule has 0 aromatic heterocycles. The molecule has 2 aromatic rings. The first-order valence-electron chi connectivity index (χ1n) is 7.87. The number of hydrogen-bond donors (Lipinski definition) is 0. The molecule has 3 rings (SSSR count). The van der Waals surface area contributed by atoms with Crippen LogP contribution in [0.1, 0.15) is 17.7 Å². The van der Waals surface area contributed by atoms with Gasteiger partial charge in [0.05, 0.1) is 17.6 Å².